The Labute approximate surface area is 68.2 Å². The molecule has 11 heavy (non-hydrogen) atoms. The summed E-state index contributed by atoms with van der Waals surface area (Å²) in [5.41, 5.74) is 5.78. The summed E-state index contributed by atoms with van der Waals surface area (Å²) in [6, 6.07) is 1.06. The van der Waals surface area contributed by atoms with Gasteiger partial charge in [-0.3, -0.25) is 4.90 Å². The lowest BCUT2D eigenvalue weighted by atomic mass is 10.2. The van der Waals surface area contributed by atoms with Gasteiger partial charge >= 0.3 is 0 Å². The molecule has 3 heteroatoms. The second kappa shape index (κ2) is 3.52. The Balaban J connectivity index is 2.50. The molecule has 66 valence electrons. The van der Waals surface area contributed by atoms with Crippen LogP contribution in [0.25, 0.3) is 0 Å². The van der Waals surface area contributed by atoms with Gasteiger partial charge in [-0.2, -0.15) is 0 Å². The Morgan fingerprint density at radius 1 is 1.64 bits per heavy atom. The van der Waals surface area contributed by atoms with Crippen LogP contribution in [0.1, 0.15) is 20.3 Å². The van der Waals surface area contributed by atoms with E-state index in [2.05, 4.69) is 18.7 Å². The molecule has 1 aliphatic heterocycles. The Bertz CT molecular complexity index is 127. The van der Waals surface area contributed by atoms with Gasteiger partial charge in [-0.05, 0) is 20.3 Å². The molecule has 0 aromatic carbocycles. The van der Waals surface area contributed by atoms with Crippen LogP contribution in [-0.4, -0.2) is 41.3 Å². The quantitative estimate of drug-likeness (QED) is 0.584. The van der Waals surface area contributed by atoms with E-state index >= 15 is 0 Å². The highest BCUT2D eigenvalue weighted by atomic mass is 16.3. The van der Waals surface area contributed by atoms with Crippen molar-refractivity contribution in [1.29, 1.82) is 0 Å². The van der Waals surface area contributed by atoms with E-state index in [1.54, 1.807) is 0 Å². The standard InChI is InChI=1S/C8H18N2O/c1-6(2)10-4-7(9)3-8(10)5-11/h6-8,11H,3-5,9H2,1-2H3/t7-,8+/m0/s1. The zero-order chi connectivity index (χ0) is 8.43. The number of hydrogen-bond acceptors (Lipinski definition) is 3. The minimum absolute atomic E-state index is 0.242. The van der Waals surface area contributed by atoms with E-state index in [0.29, 0.717) is 12.1 Å². The van der Waals surface area contributed by atoms with E-state index in [1.807, 2.05) is 0 Å². The smallest absolute Gasteiger partial charge is 0.0587 e. The second-order valence-electron chi connectivity index (χ2n) is 3.62. The molecule has 1 saturated heterocycles. The maximum absolute atomic E-state index is 9.01. The van der Waals surface area contributed by atoms with Gasteiger partial charge in [0, 0.05) is 24.7 Å². The maximum atomic E-state index is 9.01. The minimum atomic E-state index is 0.242. The first kappa shape index (κ1) is 8.97. The number of nitrogens with zero attached hydrogens (tertiary/aromatic N) is 1. The molecule has 0 aliphatic carbocycles. The summed E-state index contributed by atoms with van der Waals surface area (Å²) < 4.78 is 0. The van der Waals surface area contributed by atoms with Crippen molar-refractivity contribution in [3.8, 4) is 0 Å². The molecule has 1 fully saturated rings. The topological polar surface area (TPSA) is 49.5 Å². The number of rotatable bonds is 2. The number of aliphatic hydroxyl groups is 1. The monoisotopic (exact) mass is 158 g/mol. The second-order valence-corrected chi connectivity index (χ2v) is 3.62. The molecule has 0 amide bonds. The van der Waals surface area contributed by atoms with Crippen LogP contribution in [0.5, 0.6) is 0 Å². The number of nitrogens with two attached hydrogens (primary N) is 1. The third kappa shape index (κ3) is 1.92. The Kier molecular flexibility index (Phi) is 2.87. The van der Waals surface area contributed by atoms with Crippen molar-refractivity contribution < 1.29 is 5.11 Å². The highest BCUT2D eigenvalue weighted by Gasteiger charge is 2.30. The van der Waals surface area contributed by atoms with E-state index in [-0.39, 0.29) is 12.6 Å². The minimum Gasteiger partial charge on any atom is -0.395 e. The predicted molar refractivity (Wildman–Crippen MR) is 45.3 cm³/mol. The zero-order valence-corrected chi connectivity index (χ0v) is 7.33. The molecular weight excluding hydrogens is 140 g/mol. The summed E-state index contributed by atoms with van der Waals surface area (Å²) in [6.07, 6.45) is 0.939. The first-order chi connectivity index (χ1) is 5.15. The molecule has 0 saturated carbocycles. The van der Waals surface area contributed by atoms with E-state index in [1.165, 1.54) is 0 Å². The Morgan fingerprint density at radius 3 is 2.64 bits per heavy atom. The van der Waals surface area contributed by atoms with Crippen LogP contribution in [0.3, 0.4) is 0 Å². The third-order valence-corrected chi connectivity index (χ3v) is 2.36. The predicted octanol–water partition coefficient (Wildman–Crippen LogP) is -0.211. The van der Waals surface area contributed by atoms with E-state index < -0.39 is 0 Å². The highest BCUT2D eigenvalue weighted by Crippen LogP contribution is 2.18. The lowest BCUT2D eigenvalue weighted by Crippen LogP contribution is -2.38. The van der Waals surface area contributed by atoms with Crippen LogP contribution in [0.2, 0.25) is 0 Å². The zero-order valence-electron chi connectivity index (χ0n) is 7.33. The van der Waals surface area contributed by atoms with Crippen molar-refractivity contribution in [2.45, 2.75) is 38.4 Å². The molecule has 1 aliphatic rings. The molecule has 3 N–H and O–H groups in total. The first-order valence-corrected chi connectivity index (χ1v) is 4.27. The van der Waals surface area contributed by atoms with Gasteiger partial charge in [-0.1, -0.05) is 0 Å². The normalized spacial score (nSPS) is 33.5. The van der Waals surface area contributed by atoms with Gasteiger partial charge < -0.3 is 10.8 Å². The fourth-order valence-corrected chi connectivity index (χ4v) is 1.79. The van der Waals surface area contributed by atoms with Gasteiger partial charge in [0.1, 0.15) is 0 Å². The van der Waals surface area contributed by atoms with Crippen LogP contribution in [0.15, 0.2) is 0 Å². The first-order valence-electron chi connectivity index (χ1n) is 4.27. The fraction of sp³-hybridized carbons (Fsp3) is 1.00. The molecule has 0 aromatic rings. The lowest BCUT2D eigenvalue weighted by molar-refractivity contribution is 0.132. The largest absolute Gasteiger partial charge is 0.395 e. The molecule has 3 nitrogen and oxygen atoms in total. The average molecular weight is 158 g/mol. The van der Waals surface area contributed by atoms with Crippen LogP contribution in [0.4, 0.5) is 0 Å². The summed E-state index contributed by atoms with van der Waals surface area (Å²) in [7, 11) is 0. The Morgan fingerprint density at radius 2 is 2.27 bits per heavy atom. The summed E-state index contributed by atoms with van der Waals surface area (Å²) in [6.45, 7) is 5.45. The van der Waals surface area contributed by atoms with Crippen LogP contribution in [0, 0.1) is 0 Å². The molecule has 0 bridgehead atoms. The number of aliphatic hydroxyl groups excluding tert-OH is 1. The van der Waals surface area contributed by atoms with Gasteiger partial charge in [0.05, 0.1) is 6.61 Å². The van der Waals surface area contributed by atoms with E-state index in [4.69, 9.17) is 10.8 Å². The number of likely N-dealkylation sites (tertiary alicyclic amines) is 1. The van der Waals surface area contributed by atoms with Crippen molar-refractivity contribution in [1.82, 2.24) is 4.90 Å². The highest BCUT2D eigenvalue weighted by molar-refractivity contribution is 4.88. The molecule has 1 rings (SSSR count). The Hall–Kier alpha value is -0.120. The molecule has 0 aromatic heterocycles. The summed E-state index contributed by atoms with van der Waals surface area (Å²) in [5.74, 6) is 0. The maximum Gasteiger partial charge on any atom is 0.0587 e. The fourth-order valence-electron chi connectivity index (χ4n) is 1.79. The van der Waals surface area contributed by atoms with Crippen molar-refractivity contribution in [3.63, 3.8) is 0 Å². The average Bonchev–Trinajstić information content (AvgIpc) is 2.30. The van der Waals surface area contributed by atoms with Crippen molar-refractivity contribution in [2.75, 3.05) is 13.2 Å². The van der Waals surface area contributed by atoms with E-state index in [0.717, 1.165) is 13.0 Å². The van der Waals surface area contributed by atoms with Crippen molar-refractivity contribution >= 4 is 0 Å². The molecule has 1 heterocycles. The van der Waals surface area contributed by atoms with Crippen LogP contribution in [-0.2, 0) is 0 Å². The van der Waals surface area contributed by atoms with Gasteiger partial charge in [-0.25, -0.2) is 0 Å². The van der Waals surface area contributed by atoms with Gasteiger partial charge in [0.25, 0.3) is 0 Å². The molecule has 2 atom stereocenters. The van der Waals surface area contributed by atoms with Crippen LogP contribution < -0.4 is 5.73 Å². The van der Waals surface area contributed by atoms with E-state index in [9.17, 15) is 0 Å². The molecule has 0 spiro atoms. The van der Waals surface area contributed by atoms with Crippen molar-refractivity contribution in [2.24, 2.45) is 5.73 Å². The summed E-state index contributed by atoms with van der Waals surface area (Å²) in [4.78, 5) is 2.27. The molecule has 0 unspecified atom stereocenters. The van der Waals surface area contributed by atoms with Crippen molar-refractivity contribution in [3.05, 3.63) is 0 Å². The summed E-state index contributed by atoms with van der Waals surface area (Å²) in [5, 5.41) is 9.01. The van der Waals surface area contributed by atoms with Crippen LogP contribution >= 0.6 is 0 Å². The molecule has 0 radical (unpaired) electrons. The number of hydrogen-bond donors (Lipinski definition) is 2. The van der Waals surface area contributed by atoms with Gasteiger partial charge in [0.15, 0.2) is 0 Å². The van der Waals surface area contributed by atoms with Gasteiger partial charge in [-0.15, -0.1) is 0 Å². The third-order valence-electron chi connectivity index (χ3n) is 2.36. The lowest BCUT2D eigenvalue weighted by Gasteiger charge is -2.26. The SMILES string of the molecule is CC(C)N1C[C@@H](N)C[C@@H]1CO. The molecular formula is C8H18N2O. The van der Waals surface area contributed by atoms with Gasteiger partial charge in [0.2, 0.25) is 0 Å². The summed E-state index contributed by atoms with van der Waals surface area (Å²) >= 11 is 0.